The molecular weight excluding hydrogens is 298 g/mol. The Morgan fingerprint density at radius 2 is 1.86 bits per heavy atom. The summed E-state index contributed by atoms with van der Waals surface area (Å²) in [5.74, 6) is 0.194. The molecule has 22 heavy (non-hydrogen) atoms. The Balaban J connectivity index is 0.00000242. The molecule has 0 bridgehead atoms. The Bertz CT molecular complexity index is 485. The van der Waals surface area contributed by atoms with Gasteiger partial charge in [0.1, 0.15) is 0 Å². The number of likely N-dealkylation sites (N-methyl/N-ethyl adjacent to an activating group) is 1. The van der Waals surface area contributed by atoms with Crippen molar-refractivity contribution in [3.8, 4) is 0 Å². The molecule has 0 aromatic heterocycles. The summed E-state index contributed by atoms with van der Waals surface area (Å²) in [6, 6.07) is 9.14. The van der Waals surface area contributed by atoms with Crippen LogP contribution in [-0.2, 0) is 11.3 Å². The van der Waals surface area contributed by atoms with Gasteiger partial charge in [-0.05, 0) is 31.9 Å². The first-order chi connectivity index (χ1) is 9.95. The van der Waals surface area contributed by atoms with E-state index < -0.39 is 0 Å². The van der Waals surface area contributed by atoms with E-state index in [4.69, 9.17) is 0 Å². The number of hydrogen-bond donors (Lipinski definition) is 1. The molecule has 0 radical (unpaired) electrons. The Labute approximate surface area is 140 Å². The first-order valence-electron chi connectivity index (χ1n) is 7.72. The number of rotatable bonds is 4. The van der Waals surface area contributed by atoms with Crippen LogP contribution in [0.4, 0.5) is 0 Å². The normalized spacial score (nSPS) is 22.0. The van der Waals surface area contributed by atoms with Crippen LogP contribution in [0, 0.1) is 6.92 Å². The number of piperazine rings is 1. The molecule has 0 spiro atoms. The molecule has 1 heterocycles. The van der Waals surface area contributed by atoms with Crippen molar-refractivity contribution in [2.24, 2.45) is 0 Å². The second-order valence-electron chi connectivity index (χ2n) is 6.34. The molecule has 1 aromatic rings. The van der Waals surface area contributed by atoms with Gasteiger partial charge in [0, 0.05) is 38.8 Å². The third-order valence-electron chi connectivity index (χ3n) is 4.09. The monoisotopic (exact) mass is 325 g/mol. The highest BCUT2D eigenvalue weighted by Gasteiger charge is 2.23. The van der Waals surface area contributed by atoms with Crippen molar-refractivity contribution in [1.82, 2.24) is 15.1 Å². The fourth-order valence-electron chi connectivity index (χ4n) is 3.01. The molecule has 1 aliphatic heterocycles. The standard InChI is InChI=1S/C17H27N3O.ClH/c1-13-7-5-6-8-16(13)11-19(4)17(21)12-20-9-14(2)18-15(3)10-20;/h5-8,14-15,18H,9-12H2,1-4H3;1H. The Morgan fingerprint density at radius 1 is 1.27 bits per heavy atom. The molecule has 0 aliphatic carbocycles. The summed E-state index contributed by atoms with van der Waals surface area (Å²) in [6.45, 7) is 9.51. The average Bonchev–Trinajstić information content (AvgIpc) is 2.40. The molecule has 4 nitrogen and oxygen atoms in total. The zero-order valence-electron chi connectivity index (χ0n) is 14.0. The number of nitrogens with one attached hydrogen (secondary N) is 1. The minimum absolute atomic E-state index is 0. The largest absolute Gasteiger partial charge is 0.340 e. The fraction of sp³-hybridized carbons (Fsp3) is 0.588. The second kappa shape index (κ2) is 8.51. The first-order valence-corrected chi connectivity index (χ1v) is 7.72. The predicted octanol–water partition coefficient (Wildman–Crippen LogP) is 2.06. The number of carbonyl (C=O) groups is 1. The molecule has 1 saturated heterocycles. The van der Waals surface area contributed by atoms with Gasteiger partial charge in [-0.25, -0.2) is 0 Å². The molecule has 2 unspecified atom stereocenters. The molecule has 1 aliphatic rings. The summed E-state index contributed by atoms with van der Waals surface area (Å²) in [5, 5.41) is 3.49. The summed E-state index contributed by atoms with van der Waals surface area (Å²) < 4.78 is 0. The lowest BCUT2D eigenvalue weighted by atomic mass is 10.1. The topological polar surface area (TPSA) is 35.6 Å². The molecular formula is C17H28ClN3O. The molecule has 124 valence electrons. The molecule has 1 N–H and O–H groups in total. The van der Waals surface area contributed by atoms with E-state index in [2.05, 4.69) is 43.1 Å². The van der Waals surface area contributed by atoms with Crippen LogP contribution >= 0.6 is 12.4 Å². The first kappa shape index (κ1) is 18.9. The zero-order valence-corrected chi connectivity index (χ0v) is 14.8. The van der Waals surface area contributed by atoms with Gasteiger partial charge in [0.15, 0.2) is 0 Å². The third kappa shape index (κ3) is 5.27. The third-order valence-corrected chi connectivity index (χ3v) is 4.09. The molecule has 2 atom stereocenters. The highest BCUT2D eigenvalue weighted by atomic mass is 35.5. The van der Waals surface area contributed by atoms with Crippen LogP contribution < -0.4 is 5.32 Å². The molecule has 0 saturated carbocycles. The van der Waals surface area contributed by atoms with Gasteiger partial charge < -0.3 is 10.2 Å². The SMILES string of the molecule is Cc1ccccc1CN(C)C(=O)CN1CC(C)NC(C)C1.Cl. The van der Waals surface area contributed by atoms with Crippen LogP contribution in [0.2, 0.25) is 0 Å². The predicted molar refractivity (Wildman–Crippen MR) is 93.4 cm³/mol. The fourth-order valence-corrected chi connectivity index (χ4v) is 3.01. The lowest BCUT2D eigenvalue weighted by Gasteiger charge is -2.36. The minimum Gasteiger partial charge on any atom is -0.340 e. The highest BCUT2D eigenvalue weighted by molar-refractivity contribution is 5.85. The lowest BCUT2D eigenvalue weighted by molar-refractivity contribution is -0.132. The summed E-state index contributed by atoms with van der Waals surface area (Å²) >= 11 is 0. The van der Waals surface area contributed by atoms with Gasteiger partial charge in [0.25, 0.3) is 0 Å². The van der Waals surface area contributed by atoms with Crippen molar-refractivity contribution in [1.29, 1.82) is 0 Å². The van der Waals surface area contributed by atoms with E-state index in [9.17, 15) is 4.79 Å². The summed E-state index contributed by atoms with van der Waals surface area (Å²) in [4.78, 5) is 16.5. The van der Waals surface area contributed by atoms with Gasteiger partial charge in [0.05, 0.1) is 6.54 Å². The lowest BCUT2D eigenvalue weighted by Crippen LogP contribution is -2.56. The van der Waals surface area contributed by atoms with Crippen molar-refractivity contribution in [2.45, 2.75) is 39.4 Å². The van der Waals surface area contributed by atoms with E-state index in [0.29, 0.717) is 25.2 Å². The van der Waals surface area contributed by atoms with Crippen molar-refractivity contribution in [3.63, 3.8) is 0 Å². The summed E-state index contributed by atoms with van der Waals surface area (Å²) in [5.41, 5.74) is 2.46. The van der Waals surface area contributed by atoms with E-state index in [-0.39, 0.29) is 18.3 Å². The maximum Gasteiger partial charge on any atom is 0.236 e. The van der Waals surface area contributed by atoms with Crippen molar-refractivity contribution < 1.29 is 4.79 Å². The van der Waals surface area contributed by atoms with Crippen LogP contribution in [0.15, 0.2) is 24.3 Å². The molecule has 1 aromatic carbocycles. The molecule has 1 amide bonds. The van der Waals surface area contributed by atoms with Crippen LogP contribution in [0.3, 0.4) is 0 Å². The molecule has 1 fully saturated rings. The van der Waals surface area contributed by atoms with E-state index in [1.54, 1.807) is 0 Å². The smallest absolute Gasteiger partial charge is 0.236 e. The van der Waals surface area contributed by atoms with E-state index in [0.717, 1.165) is 13.1 Å². The number of amides is 1. The number of carbonyl (C=O) groups excluding carboxylic acids is 1. The van der Waals surface area contributed by atoms with Gasteiger partial charge in [0.2, 0.25) is 5.91 Å². The van der Waals surface area contributed by atoms with Crippen LogP contribution in [-0.4, -0.2) is 54.5 Å². The quantitative estimate of drug-likeness (QED) is 0.920. The van der Waals surface area contributed by atoms with Gasteiger partial charge in [-0.2, -0.15) is 0 Å². The highest BCUT2D eigenvalue weighted by Crippen LogP contribution is 2.10. The maximum absolute atomic E-state index is 12.4. The van der Waals surface area contributed by atoms with Gasteiger partial charge in [-0.15, -0.1) is 12.4 Å². The maximum atomic E-state index is 12.4. The van der Waals surface area contributed by atoms with Crippen LogP contribution in [0.25, 0.3) is 0 Å². The number of benzene rings is 1. The number of halogens is 1. The van der Waals surface area contributed by atoms with E-state index >= 15 is 0 Å². The van der Waals surface area contributed by atoms with Gasteiger partial charge >= 0.3 is 0 Å². The Hall–Kier alpha value is -1.10. The van der Waals surface area contributed by atoms with Crippen LogP contribution in [0.1, 0.15) is 25.0 Å². The molecule has 5 heteroatoms. The van der Waals surface area contributed by atoms with Crippen molar-refractivity contribution >= 4 is 18.3 Å². The van der Waals surface area contributed by atoms with Gasteiger partial charge in [-0.3, -0.25) is 9.69 Å². The number of aryl methyl sites for hydroxylation is 1. The Morgan fingerprint density at radius 3 is 2.45 bits per heavy atom. The number of hydrogen-bond acceptors (Lipinski definition) is 3. The minimum atomic E-state index is 0. The molecule has 2 rings (SSSR count). The number of nitrogens with zero attached hydrogens (tertiary/aromatic N) is 2. The van der Waals surface area contributed by atoms with Crippen molar-refractivity contribution in [2.75, 3.05) is 26.7 Å². The van der Waals surface area contributed by atoms with Crippen molar-refractivity contribution in [3.05, 3.63) is 35.4 Å². The zero-order chi connectivity index (χ0) is 15.4. The summed E-state index contributed by atoms with van der Waals surface area (Å²) in [7, 11) is 1.89. The van der Waals surface area contributed by atoms with Crippen LogP contribution in [0.5, 0.6) is 0 Å². The van der Waals surface area contributed by atoms with Gasteiger partial charge in [-0.1, -0.05) is 24.3 Å². The average molecular weight is 326 g/mol. The van der Waals surface area contributed by atoms with E-state index in [1.165, 1.54) is 11.1 Å². The van der Waals surface area contributed by atoms with E-state index in [1.807, 2.05) is 24.1 Å². The summed E-state index contributed by atoms with van der Waals surface area (Å²) in [6.07, 6.45) is 0. The Kier molecular flexibility index (Phi) is 7.33. The second-order valence-corrected chi connectivity index (χ2v) is 6.34.